The molecule has 0 spiro atoms. The van der Waals surface area contributed by atoms with E-state index in [1.165, 1.54) is 5.57 Å². The molecule has 0 aromatic carbocycles. The second-order valence-electron chi connectivity index (χ2n) is 6.41. The molecule has 0 bridgehead atoms. The summed E-state index contributed by atoms with van der Waals surface area (Å²) in [6.07, 6.45) is 10.9. The van der Waals surface area contributed by atoms with Crippen LogP contribution in [0.4, 0.5) is 0 Å². The first kappa shape index (κ1) is 20.9. The first-order valence-electron chi connectivity index (χ1n) is 9.07. The third-order valence-corrected chi connectivity index (χ3v) is 4.61. The van der Waals surface area contributed by atoms with E-state index in [2.05, 4.69) is 12.1 Å². The molecule has 0 atom stereocenters. The van der Waals surface area contributed by atoms with Crippen LogP contribution in [0.1, 0.15) is 58.3 Å². The molecule has 2 aliphatic carbocycles. The topological polar surface area (TPSA) is 94.1 Å². The smallest absolute Gasteiger partial charge is 0.330 e. The van der Waals surface area contributed by atoms with Crippen LogP contribution in [0.3, 0.4) is 0 Å². The molecule has 0 heterocycles. The summed E-state index contributed by atoms with van der Waals surface area (Å²) in [5.74, 6) is 0.179. The summed E-state index contributed by atoms with van der Waals surface area (Å²) in [7, 11) is 0. The van der Waals surface area contributed by atoms with E-state index < -0.39 is 0 Å². The lowest BCUT2D eigenvalue weighted by atomic mass is 9.87. The molecule has 1 N–H and O–H groups in total. The normalized spacial score (nSPS) is 22.6. The number of aliphatic hydroxyl groups excluding tert-OH is 1. The molecule has 5 heteroatoms. The Morgan fingerprint density at radius 3 is 1.96 bits per heavy atom. The van der Waals surface area contributed by atoms with Crippen LogP contribution < -0.4 is 0 Å². The van der Waals surface area contributed by atoms with Crippen molar-refractivity contribution in [2.45, 2.75) is 58.3 Å². The molecule has 2 rings (SSSR count). The predicted molar refractivity (Wildman–Crippen MR) is 95.0 cm³/mol. The molecule has 0 amide bonds. The summed E-state index contributed by atoms with van der Waals surface area (Å²) < 4.78 is 4.82. The summed E-state index contributed by atoms with van der Waals surface area (Å²) in [6, 6.07) is 4.54. The zero-order chi connectivity index (χ0) is 18.5. The van der Waals surface area contributed by atoms with Gasteiger partial charge in [0.15, 0.2) is 0 Å². The van der Waals surface area contributed by atoms with Crippen LogP contribution in [0.15, 0.2) is 23.3 Å². The number of nitrogens with zero attached hydrogens (tertiary/aromatic N) is 2. The molecular weight excluding hydrogens is 316 g/mol. The van der Waals surface area contributed by atoms with Crippen molar-refractivity contribution in [1.82, 2.24) is 0 Å². The molecular formula is C20H28N2O3. The second-order valence-corrected chi connectivity index (χ2v) is 6.41. The minimum absolute atomic E-state index is 0.145. The minimum Gasteiger partial charge on any atom is -0.463 e. The molecule has 5 nitrogen and oxygen atoms in total. The lowest BCUT2D eigenvalue weighted by Crippen LogP contribution is -2.08. The first-order chi connectivity index (χ1) is 12.1. The Bertz CT molecular complexity index is 546. The van der Waals surface area contributed by atoms with Gasteiger partial charge in [-0.15, -0.1) is 0 Å². The van der Waals surface area contributed by atoms with Gasteiger partial charge in [0.25, 0.3) is 0 Å². The summed E-state index contributed by atoms with van der Waals surface area (Å²) in [5.41, 5.74) is 2.44. The molecule has 0 unspecified atom stereocenters. The van der Waals surface area contributed by atoms with Crippen molar-refractivity contribution in [3.05, 3.63) is 23.3 Å². The van der Waals surface area contributed by atoms with Crippen molar-refractivity contribution in [3.8, 4) is 12.1 Å². The van der Waals surface area contributed by atoms with E-state index in [4.69, 9.17) is 20.4 Å². The maximum atomic E-state index is 11.1. The quantitative estimate of drug-likeness (QED) is 0.477. The van der Waals surface area contributed by atoms with Gasteiger partial charge in [-0.25, -0.2) is 4.79 Å². The van der Waals surface area contributed by atoms with Crippen molar-refractivity contribution in [3.63, 3.8) is 0 Å². The number of hydrogen-bond donors (Lipinski definition) is 1. The molecule has 0 saturated heterocycles. The fourth-order valence-electron chi connectivity index (χ4n) is 3.06. The minimum atomic E-state index is -0.252. The maximum absolute atomic E-state index is 11.1. The van der Waals surface area contributed by atoms with E-state index in [1.807, 2.05) is 6.08 Å². The molecule has 2 saturated carbocycles. The highest BCUT2D eigenvalue weighted by atomic mass is 16.5. The summed E-state index contributed by atoms with van der Waals surface area (Å²) in [5, 5.41) is 25.9. The van der Waals surface area contributed by atoms with Gasteiger partial charge < -0.3 is 9.84 Å². The number of esters is 1. The van der Waals surface area contributed by atoms with Crippen molar-refractivity contribution in [1.29, 1.82) is 10.5 Å². The van der Waals surface area contributed by atoms with Gasteiger partial charge in [0.1, 0.15) is 0 Å². The maximum Gasteiger partial charge on any atom is 0.330 e. The lowest BCUT2D eigenvalue weighted by molar-refractivity contribution is -0.137. The first-order valence-corrected chi connectivity index (χ1v) is 9.07. The van der Waals surface area contributed by atoms with Crippen molar-refractivity contribution in [2.75, 3.05) is 13.2 Å². The summed E-state index contributed by atoms with van der Waals surface area (Å²) in [6.45, 7) is 2.36. The second kappa shape index (κ2) is 12.3. The van der Waals surface area contributed by atoms with Gasteiger partial charge in [-0.1, -0.05) is 17.2 Å². The van der Waals surface area contributed by atoms with Crippen LogP contribution in [0, 0.1) is 34.5 Å². The van der Waals surface area contributed by atoms with Crippen LogP contribution >= 0.6 is 0 Å². The Hall–Kier alpha value is -2.11. The van der Waals surface area contributed by atoms with Crippen LogP contribution in [0.2, 0.25) is 0 Å². The van der Waals surface area contributed by atoms with E-state index in [-0.39, 0.29) is 24.4 Å². The largest absolute Gasteiger partial charge is 0.463 e. The van der Waals surface area contributed by atoms with E-state index in [9.17, 15) is 4.79 Å². The Morgan fingerprint density at radius 2 is 1.56 bits per heavy atom. The van der Waals surface area contributed by atoms with Gasteiger partial charge in [0.2, 0.25) is 0 Å². The van der Waals surface area contributed by atoms with Crippen molar-refractivity contribution in [2.24, 2.45) is 11.8 Å². The Kier molecular flexibility index (Phi) is 10.3. The SMILES string of the molecule is CCOC(=O)C=C1CCC(C#N)CC1.N#CC1CCC(=CCO)CC1. The zero-order valence-corrected chi connectivity index (χ0v) is 15.0. The number of rotatable bonds is 3. The zero-order valence-electron chi connectivity index (χ0n) is 15.0. The Labute approximate surface area is 150 Å². The van der Waals surface area contributed by atoms with Crippen LogP contribution in [-0.4, -0.2) is 24.3 Å². The number of ether oxygens (including phenoxy) is 1. The Balaban J connectivity index is 0.000000257. The highest BCUT2D eigenvalue weighted by Gasteiger charge is 2.16. The van der Waals surface area contributed by atoms with E-state index in [0.29, 0.717) is 6.61 Å². The van der Waals surface area contributed by atoms with Gasteiger partial charge in [0, 0.05) is 17.9 Å². The molecule has 0 aliphatic heterocycles. The Morgan fingerprint density at radius 1 is 1.08 bits per heavy atom. The molecule has 2 fully saturated rings. The average Bonchev–Trinajstić information content (AvgIpc) is 2.64. The van der Waals surface area contributed by atoms with Crippen molar-refractivity contribution >= 4 is 5.97 Å². The predicted octanol–water partition coefficient (Wildman–Crippen LogP) is 3.81. The van der Waals surface area contributed by atoms with Gasteiger partial charge in [-0.2, -0.15) is 10.5 Å². The third-order valence-electron chi connectivity index (χ3n) is 4.61. The molecule has 136 valence electrons. The standard InChI is InChI=1S/C11H15NO2.C9H13NO/c1-2-14-11(13)7-9-3-5-10(8-12)6-4-9;10-7-9-3-1-8(2-4-9)5-6-11/h7,10H,2-6H2,1H3;5,9,11H,1-4,6H2. The van der Waals surface area contributed by atoms with Gasteiger partial charge in [-0.3, -0.25) is 0 Å². The third kappa shape index (κ3) is 8.52. The number of aliphatic hydroxyl groups is 1. The summed E-state index contributed by atoms with van der Waals surface area (Å²) >= 11 is 0. The van der Waals surface area contributed by atoms with E-state index >= 15 is 0 Å². The fourth-order valence-corrected chi connectivity index (χ4v) is 3.06. The van der Waals surface area contributed by atoms with Gasteiger partial charge in [0.05, 0.1) is 25.4 Å². The number of hydrogen-bond acceptors (Lipinski definition) is 5. The molecule has 2 aliphatic rings. The highest BCUT2D eigenvalue weighted by molar-refractivity contribution is 5.82. The van der Waals surface area contributed by atoms with Crippen LogP contribution in [-0.2, 0) is 9.53 Å². The molecule has 0 aromatic heterocycles. The van der Waals surface area contributed by atoms with Crippen LogP contribution in [0.25, 0.3) is 0 Å². The molecule has 0 aromatic rings. The average molecular weight is 344 g/mol. The molecule has 25 heavy (non-hydrogen) atoms. The van der Waals surface area contributed by atoms with E-state index in [0.717, 1.165) is 56.9 Å². The monoisotopic (exact) mass is 344 g/mol. The number of nitriles is 2. The fraction of sp³-hybridized carbons (Fsp3) is 0.650. The van der Waals surface area contributed by atoms with E-state index in [1.54, 1.807) is 13.0 Å². The summed E-state index contributed by atoms with van der Waals surface area (Å²) in [4.78, 5) is 11.1. The lowest BCUT2D eigenvalue weighted by Gasteiger charge is -2.17. The number of carbonyl (C=O) groups excluding carboxylic acids is 1. The van der Waals surface area contributed by atoms with Crippen LogP contribution in [0.5, 0.6) is 0 Å². The van der Waals surface area contributed by atoms with Gasteiger partial charge in [-0.05, 0) is 58.3 Å². The number of carbonyl (C=O) groups is 1. The van der Waals surface area contributed by atoms with Crippen molar-refractivity contribution < 1.29 is 14.6 Å². The van der Waals surface area contributed by atoms with Gasteiger partial charge >= 0.3 is 5.97 Å². The number of allylic oxidation sites excluding steroid dienone is 2. The molecule has 0 radical (unpaired) electrons. The highest BCUT2D eigenvalue weighted by Crippen LogP contribution is 2.28.